The minimum Gasteiger partial charge on any atom is -0.396 e. The Balaban J connectivity index is 2.23. The van der Waals surface area contributed by atoms with Gasteiger partial charge in [-0.15, -0.1) is 0 Å². The number of aromatic nitrogens is 2. The molecule has 0 saturated carbocycles. The van der Waals surface area contributed by atoms with E-state index in [4.69, 9.17) is 5.11 Å². The van der Waals surface area contributed by atoms with E-state index in [2.05, 4.69) is 5.10 Å². The zero-order chi connectivity index (χ0) is 12.1. The van der Waals surface area contributed by atoms with Gasteiger partial charge in [-0.3, -0.25) is 9.48 Å². The first-order valence-electron chi connectivity index (χ1n) is 5.88. The molecule has 1 N–H and O–H groups in total. The van der Waals surface area contributed by atoms with Crippen LogP contribution in [0.2, 0.25) is 0 Å². The number of nitrogens with zero attached hydrogens (tertiary/aromatic N) is 2. The zero-order valence-electron chi connectivity index (χ0n) is 9.67. The van der Waals surface area contributed by atoms with Crippen LogP contribution >= 0.6 is 0 Å². The van der Waals surface area contributed by atoms with E-state index in [9.17, 15) is 4.79 Å². The van der Waals surface area contributed by atoms with Crippen molar-refractivity contribution in [1.82, 2.24) is 9.78 Å². The van der Waals surface area contributed by atoms with Crippen LogP contribution in [-0.4, -0.2) is 21.5 Å². The van der Waals surface area contributed by atoms with Crippen LogP contribution in [0.25, 0.3) is 10.9 Å². The van der Waals surface area contributed by atoms with Crippen molar-refractivity contribution in [3.05, 3.63) is 40.7 Å². The van der Waals surface area contributed by atoms with Gasteiger partial charge in [-0.05, 0) is 31.4 Å². The van der Waals surface area contributed by atoms with Gasteiger partial charge in [-0.1, -0.05) is 12.1 Å². The van der Waals surface area contributed by atoms with Gasteiger partial charge in [0.05, 0.1) is 11.7 Å². The largest absolute Gasteiger partial charge is 0.396 e. The summed E-state index contributed by atoms with van der Waals surface area (Å²) in [5.74, 6) is 0. The molecular formula is C13H16N2O2. The Bertz CT molecular complexity index is 548. The summed E-state index contributed by atoms with van der Waals surface area (Å²) in [7, 11) is 0. The van der Waals surface area contributed by atoms with E-state index in [1.165, 1.54) is 6.20 Å². The molecule has 2 aromatic rings. The van der Waals surface area contributed by atoms with Crippen LogP contribution in [-0.2, 0) is 6.54 Å². The molecule has 0 aliphatic rings. The minimum absolute atomic E-state index is 0.0350. The fourth-order valence-electron chi connectivity index (χ4n) is 1.89. The van der Waals surface area contributed by atoms with Crippen LogP contribution in [0.3, 0.4) is 0 Å². The number of para-hydroxylation sites is 1. The number of aliphatic hydroxyl groups excluding tert-OH is 1. The Hall–Kier alpha value is -1.68. The molecule has 0 amide bonds. The Morgan fingerprint density at radius 1 is 1.18 bits per heavy atom. The molecule has 1 heterocycles. The van der Waals surface area contributed by atoms with Gasteiger partial charge in [0.15, 0.2) is 0 Å². The van der Waals surface area contributed by atoms with Gasteiger partial charge in [0.2, 0.25) is 5.43 Å². The van der Waals surface area contributed by atoms with Crippen LogP contribution in [0.4, 0.5) is 0 Å². The van der Waals surface area contributed by atoms with Gasteiger partial charge in [-0.2, -0.15) is 5.10 Å². The molecule has 0 aliphatic heterocycles. The summed E-state index contributed by atoms with van der Waals surface area (Å²) < 4.78 is 1.86. The lowest BCUT2D eigenvalue weighted by Crippen LogP contribution is -2.12. The van der Waals surface area contributed by atoms with Crippen molar-refractivity contribution in [2.24, 2.45) is 0 Å². The maximum absolute atomic E-state index is 11.6. The van der Waals surface area contributed by atoms with Crippen molar-refractivity contribution < 1.29 is 5.11 Å². The molecule has 1 aromatic carbocycles. The minimum atomic E-state index is -0.0350. The predicted octanol–water partition coefficient (Wildman–Crippen LogP) is 1.56. The summed E-state index contributed by atoms with van der Waals surface area (Å²) >= 11 is 0. The second-order valence-electron chi connectivity index (χ2n) is 4.03. The van der Waals surface area contributed by atoms with Crippen molar-refractivity contribution in [3.63, 3.8) is 0 Å². The first kappa shape index (κ1) is 11.8. The third-order valence-electron chi connectivity index (χ3n) is 2.79. The number of fused-ring (bicyclic) bond motifs is 1. The van der Waals surface area contributed by atoms with E-state index in [0.717, 1.165) is 31.3 Å². The fraction of sp³-hybridized carbons (Fsp3) is 0.385. The quantitative estimate of drug-likeness (QED) is 0.796. The third kappa shape index (κ3) is 2.71. The lowest BCUT2D eigenvalue weighted by Gasteiger charge is -2.08. The van der Waals surface area contributed by atoms with Crippen molar-refractivity contribution in [1.29, 1.82) is 0 Å². The fourth-order valence-corrected chi connectivity index (χ4v) is 1.89. The molecule has 90 valence electrons. The number of benzene rings is 1. The molecule has 0 radical (unpaired) electrons. The van der Waals surface area contributed by atoms with E-state index in [-0.39, 0.29) is 12.0 Å². The maximum Gasteiger partial charge on any atom is 0.207 e. The highest BCUT2D eigenvalue weighted by atomic mass is 16.2. The number of hydrogen-bond acceptors (Lipinski definition) is 3. The smallest absolute Gasteiger partial charge is 0.207 e. The Labute approximate surface area is 99.5 Å². The van der Waals surface area contributed by atoms with Gasteiger partial charge in [0, 0.05) is 18.5 Å². The van der Waals surface area contributed by atoms with E-state index in [1.54, 1.807) is 0 Å². The van der Waals surface area contributed by atoms with E-state index in [1.807, 2.05) is 28.9 Å². The molecule has 1 aromatic heterocycles. The lowest BCUT2D eigenvalue weighted by atomic mass is 10.2. The second-order valence-corrected chi connectivity index (χ2v) is 4.03. The summed E-state index contributed by atoms with van der Waals surface area (Å²) in [6.45, 7) is 1.01. The zero-order valence-corrected chi connectivity index (χ0v) is 9.67. The van der Waals surface area contributed by atoms with Crippen LogP contribution in [0.5, 0.6) is 0 Å². The van der Waals surface area contributed by atoms with E-state index < -0.39 is 0 Å². The summed E-state index contributed by atoms with van der Waals surface area (Å²) in [4.78, 5) is 11.6. The Kier molecular flexibility index (Phi) is 3.88. The average molecular weight is 232 g/mol. The molecule has 4 heteroatoms. The highest BCUT2D eigenvalue weighted by Crippen LogP contribution is 2.09. The molecule has 0 fully saturated rings. The first-order chi connectivity index (χ1) is 8.33. The molecule has 0 saturated heterocycles. The molecule has 0 atom stereocenters. The average Bonchev–Trinajstić information content (AvgIpc) is 2.37. The second kappa shape index (κ2) is 5.59. The molecule has 17 heavy (non-hydrogen) atoms. The summed E-state index contributed by atoms with van der Waals surface area (Å²) in [5.41, 5.74) is 0.844. The summed E-state index contributed by atoms with van der Waals surface area (Å²) in [5, 5.41) is 13.6. The Morgan fingerprint density at radius 2 is 2.00 bits per heavy atom. The van der Waals surface area contributed by atoms with Crippen molar-refractivity contribution >= 4 is 10.9 Å². The summed E-state index contributed by atoms with van der Waals surface area (Å²) in [6.07, 6.45) is 4.12. The van der Waals surface area contributed by atoms with Gasteiger partial charge in [0.25, 0.3) is 0 Å². The normalized spacial score (nSPS) is 10.9. The maximum atomic E-state index is 11.6. The lowest BCUT2D eigenvalue weighted by molar-refractivity contribution is 0.281. The van der Waals surface area contributed by atoms with E-state index in [0.29, 0.717) is 5.39 Å². The third-order valence-corrected chi connectivity index (χ3v) is 2.79. The SMILES string of the molecule is O=c1cnn(CCCCCO)c2ccccc12. The van der Waals surface area contributed by atoms with E-state index >= 15 is 0 Å². The van der Waals surface area contributed by atoms with Crippen LogP contribution in [0, 0.1) is 0 Å². The number of aryl methyl sites for hydroxylation is 1. The van der Waals surface area contributed by atoms with Gasteiger partial charge >= 0.3 is 0 Å². The number of hydrogen-bond donors (Lipinski definition) is 1. The first-order valence-corrected chi connectivity index (χ1v) is 5.88. The molecule has 0 aliphatic carbocycles. The molecule has 0 spiro atoms. The van der Waals surface area contributed by atoms with Crippen LogP contribution in [0.15, 0.2) is 35.3 Å². The van der Waals surface area contributed by atoms with Gasteiger partial charge in [0.1, 0.15) is 0 Å². The summed E-state index contributed by atoms with van der Waals surface area (Å²) in [6, 6.07) is 7.51. The number of aliphatic hydroxyl groups is 1. The van der Waals surface area contributed by atoms with Crippen LogP contribution in [0.1, 0.15) is 19.3 Å². The monoisotopic (exact) mass is 232 g/mol. The molecular weight excluding hydrogens is 216 g/mol. The predicted molar refractivity (Wildman–Crippen MR) is 66.9 cm³/mol. The topological polar surface area (TPSA) is 55.1 Å². The Morgan fingerprint density at radius 3 is 2.82 bits per heavy atom. The van der Waals surface area contributed by atoms with Crippen LogP contribution < -0.4 is 5.43 Å². The molecule has 2 rings (SSSR count). The molecule has 0 bridgehead atoms. The van der Waals surface area contributed by atoms with Crippen molar-refractivity contribution in [2.45, 2.75) is 25.8 Å². The standard InChI is InChI=1S/C13H16N2O2/c16-9-5-1-4-8-15-12-7-3-2-6-11(12)13(17)10-14-15/h2-3,6-7,10,16H,1,4-5,8-9H2. The van der Waals surface area contributed by atoms with Crippen molar-refractivity contribution in [2.75, 3.05) is 6.61 Å². The number of unbranched alkanes of at least 4 members (excludes halogenated alkanes) is 2. The van der Waals surface area contributed by atoms with Gasteiger partial charge < -0.3 is 5.11 Å². The molecule has 4 nitrogen and oxygen atoms in total. The van der Waals surface area contributed by atoms with Gasteiger partial charge in [-0.25, -0.2) is 0 Å². The van der Waals surface area contributed by atoms with Crippen molar-refractivity contribution in [3.8, 4) is 0 Å². The highest BCUT2D eigenvalue weighted by molar-refractivity contribution is 5.77. The number of rotatable bonds is 5. The molecule has 0 unspecified atom stereocenters. The highest BCUT2D eigenvalue weighted by Gasteiger charge is 2.02.